The van der Waals surface area contributed by atoms with Crippen molar-refractivity contribution < 1.29 is 9.18 Å². The van der Waals surface area contributed by atoms with E-state index in [0.717, 1.165) is 16.5 Å². The number of H-pyrrole nitrogens is 1. The third kappa shape index (κ3) is 4.35. The minimum absolute atomic E-state index is 0.106. The molecule has 156 valence electrons. The van der Waals surface area contributed by atoms with Gasteiger partial charge in [0.25, 0.3) is 11.5 Å². The minimum atomic E-state index is -0.806. The first-order valence-electron chi connectivity index (χ1n) is 9.27. The molecule has 1 aromatic heterocycles. The van der Waals surface area contributed by atoms with Crippen molar-refractivity contribution in [3.05, 3.63) is 90.8 Å². The van der Waals surface area contributed by atoms with Crippen molar-refractivity contribution in [1.29, 1.82) is 0 Å². The van der Waals surface area contributed by atoms with E-state index in [-0.39, 0.29) is 30.2 Å². The van der Waals surface area contributed by atoms with Crippen LogP contribution in [-0.4, -0.2) is 22.0 Å². The maximum Gasteiger partial charge on any atom is 0.330 e. The first-order chi connectivity index (χ1) is 14.3. The van der Waals surface area contributed by atoms with Gasteiger partial charge in [-0.15, -0.1) is 0 Å². The SMILES string of the molecule is CCCN(C(=O)c1cc(Br)ccc1F)c1c(N)n(Cc2ccccc2)c(=O)[nH]c1=O. The Bertz CT molecular complexity index is 1190. The number of hydrogen-bond acceptors (Lipinski definition) is 4. The molecule has 3 aromatic rings. The molecule has 7 nitrogen and oxygen atoms in total. The third-order valence-corrected chi connectivity index (χ3v) is 5.01. The van der Waals surface area contributed by atoms with Crippen molar-refractivity contribution in [3.8, 4) is 0 Å². The molecule has 0 unspecified atom stereocenters. The van der Waals surface area contributed by atoms with E-state index in [9.17, 15) is 18.8 Å². The number of nitrogen functional groups attached to an aromatic ring is 1. The van der Waals surface area contributed by atoms with Crippen LogP contribution in [0.25, 0.3) is 0 Å². The first-order valence-corrected chi connectivity index (χ1v) is 10.1. The summed E-state index contributed by atoms with van der Waals surface area (Å²) < 4.78 is 16.0. The van der Waals surface area contributed by atoms with E-state index in [1.165, 1.54) is 16.7 Å². The van der Waals surface area contributed by atoms with Gasteiger partial charge >= 0.3 is 5.69 Å². The maximum absolute atomic E-state index is 14.3. The van der Waals surface area contributed by atoms with Crippen molar-refractivity contribution >= 4 is 33.3 Å². The molecule has 0 aliphatic carbocycles. The second kappa shape index (κ2) is 9.08. The number of rotatable bonds is 6. The number of halogens is 2. The second-order valence-corrected chi connectivity index (χ2v) is 7.56. The highest BCUT2D eigenvalue weighted by atomic mass is 79.9. The van der Waals surface area contributed by atoms with Crippen molar-refractivity contribution in [2.45, 2.75) is 19.9 Å². The molecule has 2 aromatic carbocycles. The molecule has 0 aliphatic heterocycles. The van der Waals surface area contributed by atoms with Gasteiger partial charge in [-0.2, -0.15) is 0 Å². The highest BCUT2D eigenvalue weighted by Gasteiger charge is 2.26. The molecule has 3 N–H and O–H groups in total. The molecule has 1 amide bonds. The van der Waals surface area contributed by atoms with Crippen molar-refractivity contribution in [1.82, 2.24) is 9.55 Å². The standard InChI is InChI=1S/C21H20BrFN4O3/c1-2-10-26(20(29)15-11-14(22)8-9-16(15)23)17-18(24)27(21(30)25-19(17)28)12-13-6-4-3-5-7-13/h3-9,11H,2,10,12,24H2,1H3,(H,25,28,30). The highest BCUT2D eigenvalue weighted by molar-refractivity contribution is 9.10. The summed E-state index contributed by atoms with van der Waals surface area (Å²) in [5.74, 6) is -1.61. The first kappa shape index (κ1) is 21.5. The zero-order valence-corrected chi connectivity index (χ0v) is 17.8. The number of aromatic amines is 1. The van der Waals surface area contributed by atoms with Crippen molar-refractivity contribution in [3.63, 3.8) is 0 Å². The number of amides is 1. The topological polar surface area (TPSA) is 101 Å². The number of nitrogens with zero attached hydrogens (tertiary/aromatic N) is 2. The van der Waals surface area contributed by atoms with Gasteiger partial charge in [-0.25, -0.2) is 9.18 Å². The number of benzene rings is 2. The van der Waals surface area contributed by atoms with E-state index in [1.54, 1.807) is 0 Å². The van der Waals surface area contributed by atoms with Gasteiger partial charge in [0.05, 0.1) is 12.1 Å². The fourth-order valence-electron chi connectivity index (χ4n) is 3.11. The predicted octanol–water partition coefficient (Wildman–Crippen LogP) is 3.13. The Labute approximate surface area is 180 Å². The zero-order chi connectivity index (χ0) is 21.8. The lowest BCUT2D eigenvalue weighted by atomic mass is 10.1. The number of aromatic nitrogens is 2. The quantitative estimate of drug-likeness (QED) is 0.572. The molecular formula is C21H20BrFN4O3. The van der Waals surface area contributed by atoms with Gasteiger partial charge in [0.1, 0.15) is 11.6 Å². The summed E-state index contributed by atoms with van der Waals surface area (Å²) in [7, 11) is 0. The fraction of sp³-hybridized carbons (Fsp3) is 0.190. The lowest BCUT2D eigenvalue weighted by molar-refractivity contribution is 0.0982. The predicted molar refractivity (Wildman–Crippen MR) is 117 cm³/mol. The molecule has 30 heavy (non-hydrogen) atoms. The van der Waals surface area contributed by atoms with Crippen LogP contribution in [0.5, 0.6) is 0 Å². The Kier molecular flexibility index (Phi) is 6.51. The molecule has 0 atom stereocenters. The Morgan fingerprint density at radius 1 is 1.20 bits per heavy atom. The van der Waals surface area contributed by atoms with Crippen LogP contribution < -0.4 is 21.9 Å². The highest BCUT2D eigenvalue weighted by Crippen LogP contribution is 2.23. The number of nitrogens with two attached hydrogens (primary N) is 1. The average Bonchev–Trinajstić information content (AvgIpc) is 2.72. The van der Waals surface area contributed by atoms with Crippen LogP contribution in [0, 0.1) is 5.82 Å². The summed E-state index contributed by atoms with van der Waals surface area (Å²) in [5.41, 5.74) is 5.09. The molecule has 0 saturated heterocycles. The van der Waals surface area contributed by atoms with E-state index < -0.39 is 23.0 Å². The minimum Gasteiger partial charge on any atom is -0.383 e. The lowest BCUT2D eigenvalue weighted by Crippen LogP contribution is -2.42. The summed E-state index contributed by atoms with van der Waals surface area (Å²) in [4.78, 5) is 41.5. The number of nitrogens with one attached hydrogen (secondary N) is 1. The van der Waals surface area contributed by atoms with E-state index in [2.05, 4.69) is 20.9 Å². The van der Waals surface area contributed by atoms with Crippen LogP contribution in [-0.2, 0) is 6.54 Å². The average molecular weight is 475 g/mol. The number of hydrogen-bond donors (Lipinski definition) is 2. The maximum atomic E-state index is 14.3. The van der Waals surface area contributed by atoms with Gasteiger partial charge < -0.3 is 10.6 Å². The molecule has 9 heteroatoms. The van der Waals surface area contributed by atoms with Gasteiger partial charge in [0.15, 0.2) is 5.69 Å². The van der Waals surface area contributed by atoms with Gasteiger partial charge in [-0.3, -0.25) is 19.1 Å². The van der Waals surface area contributed by atoms with E-state index in [0.29, 0.717) is 10.9 Å². The van der Waals surface area contributed by atoms with Crippen LogP contribution in [0.1, 0.15) is 29.3 Å². The Morgan fingerprint density at radius 2 is 1.90 bits per heavy atom. The summed E-state index contributed by atoms with van der Waals surface area (Å²) in [5, 5.41) is 0. The molecule has 3 rings (SSSR count). The Balaban J connectivity index is 2.14. The molecular weight excluding hydrogens is 455 g/mol. The van der Waals surface area contributed by atoms with Gasteiger partial charge in [0.2, 0.25) is 0 Å². The van der Waals surface area contributed by atoms with Crippen LogP contribution in [0.15, 0.2) is 62.6 Å². The molecule has 0 radical (unpaired) electrons. The Morgan fingerprint density at radius 3 is 2.57 bits per heavy atom. The number of carbonyl (C=O) groups is 1. The summed E-state index contributed by atoms with van der Waals surface area (Å²) in [6.45, 7) is 2.03. The summed E-state index contributed by atoms with van der Waals surface area (Å²) in [6, 6.07) is 13.0. The smallest absolute Gasteiger partial charge is 0.330 e. The summed E-state index contributed by atoms with van der Waals surface area (Å²) >= 11 is 3.22. The fourth-order valence-corrected chi connectivity index (χ4v) is 3.47. The largest absolute Gasteiger partial charge is 0.383 e. The van der Waals surface area contributed by atoms with Crippen molar-refractivity contribution in [2.24, 2.45) is 0 Å². The third-order valence-electron chi connectivity index (χ3n) is 4.52. The summed E-state index contributed by atoms with van der Waals surface area (Å²) in [6.07, 6.45) is 0.484. The molecule has 0 aliphatic rings. The molecule has 0 bridgehead atoms. The van der Waals surface area contributed by atoms with Crippen LogP contribution in [0.4, 0.5) is 15.9 Å². The molecule has 1 heterocycles. The van der Waals surface area contributed by atoms with Crippen LogP contribution in [0.3, 0.4) is 0 Å². The van der Waals surface area contributed by atoms with E-state index in [4.69, 9.17) is 5.73 Å². The van der Waals surface area contributed by atoms with E-state index in [1.807, 2.05) is 37.3 Å². The number of carbonyl (C=O) groups excluding carboxylic acids is 1. The van der Waals surface area contributed by atoms with Crippen molar-refractivity contribution in [2.75, 3.05) is 17.2 Å². The second-order valence-electron chi connectivity index (χ2n) is 6.65. The van der Waals surface area contributed by atoms with Gasteiger partial charge in [0, 0.05) is 11.0 Å². The van der Waals surface area contributed by atoms with Gasteiger partial charge in [-0.1, -0.05) is 53.2 Å². The van der Waals surface area contributed by atoms with Crippen LogP contribution in [0.2, 0.25) is 0 Å². The zero-order valence-electron chi connectivity index (χ0n) is 16.2. The lowest BCUT2D eigenvalue weighted by Gasteiger charge is -2.24. The monoisotopic (exact) mass is 474 g/mol. The number of anilines is 2. The molecule has 0 saturated carbocycles. The molecule has 0 fully saturated rings. The van der Waals surface area contributed by atoms with Gasteiger partial charge in [-0.05, 0) is 30.2 Å². The van der Waals surface area contributed by atoms with E-state index >= 15 is 0 Å². The van der Waals surface area contributed by atoms with Crippen LogP contribution >= 0.6 is 15.9 Å². The Hall–Kier alpha value is -3.20. The molecule has 0 spiro atoms. The normalized spacial score (nSPS) is 10.8.